The van der Waals surface area contributed by atoms with E-state index in [0.29, 0.717) is 31.0 Å². The van der Waals surface area contributed by atoms with Crippen LogP contribution in [0.15, 0.2) is 41.4 Å². The maximum atomic E-state index is 13.6. The highest BCUT2D eigenvalue weighted by molar-refractivity contribution is 14.0. The average Bonchev–Trinajstić information content (AvgIpc) is 3.08. The second kappa shape index (κ2) is 9.56. The summed E-state index contributed by atoms with van der Waals surface area (Å²) in [5, 5.41) is 6.24. The van der Waals surface area contributed by atoms with Crippen LogP contribution in [-0.4, -0.2) is 26.3 Å². The smallest absolute Gasteiger partial charge is 0.231 e. The van der Waals surface area contributed by atoms with Gasteiger partial charge in [-0.15, -0.1) is 24.0 Å². The van der Waals surface area contributed by atoms with Crippen LogP contribution in [0.25, 0.3) is 0 Å². The molecule has 1 aliphatic rings. The molecular formula is C18H20F2IN3O2. The molecule has 1 heterocycles. The van der Waals surface area contributed by atoms with E-state index < -0.39 is 11.6 Å². The molecule has 140 valence electrons. The third kappa shape index (κ3) is 5.20. The minimum Gasteiger partial charge on any atom is -0.454 e. The van der Waals surface area contributed by atoms with Crippen molar-refractivity contribution < 1.29 is 18.3 Å². The van der Waals surface area contributed by atoms with Crippen molar-refractivity contribution in [1.82, 2.24) is 10.6 Å². The fourth-order valence-electron chi connectivity index (χ4n) is 2.51. The molecule has 0 amide bonds. The van der Waals surface area contributed by atoms with Gasteiger partial charge in [-0.05, 0) is 47.9 Å². The molecule has 0 spiro atoms. The number of ether oxygens (including phenoxy) is 2. The Balaban J connectivity index is 0.00000243. The Morgan fingerprint density at radius 3 is 2.69 bits per heavy atom. The van der Waals surface area contributed by atoms with Crippen molar-refractivity contribution in [3.63, 3.8) is 0 Å². The first kappa shape index (κ1) is 20.2. The second-order valence-corrected chi connectivity index (χ2v) is 5.53. The van der Waals surface area contributed by atoms with E-state index in [4.69, 9.17) is 9.47 Å². The number of hydrogen-bond acceptors (Lipinski definition) is 3. The van der Waals surface area contributed by atoms with Gasteiger partial charge in [-0.1, -0.05) is 6.07 Å². The third-order valence-corrected chi connectivity index (χ3v) is 3.82. The van der Waals surface area contributed by atoms with Crippen LogP contribution in [0.4, 0.5) is 8.78 Å². The van der Waals surface area contributed by atoms with Gasteiger partial charge >= 0.3 is 0 Å². The van der Waals surface area contributed by atoms with Crippen LogP contribution in [0.5, 0.6) is 11.5 Å². The van der Waals surface area contributed by atoms with Crippen molar-refractivity contribution >= 4 is 29.9 Å². The largest absolute Gasteiger partial charge is 0.454 e. The SMILES string of the molecule is CN=C(NCCc1cc(F)ccc1F)NCc1ccc2c(c1)OCO2.I. The zero-order valence-electron chi connectivity index (χ0n) is 14.2. The van der Waals surface area contributed by atoms with Crippen LogP contribution in [-0.2, 0) is 13.0 Å². The first-order valence-corrected chi connectivity index (χ1v) is 7.92. The number of rotatable bonds is 5. The minimum atomic E-state index is -0.443. The lowest BCUT2D eigenvalue weighted by Crippen LogP contribution is -2.37. The highest BCUT2D eigenvalue weighted by atomic mass is 127. The van der Waals surface area contributed by atoms with Crippen molar-refractivity contribution in [1.29, 1.82) is 0 Å². The summed E-state index contributed by atoms with van der Waals surface area (Å²) in [4.78, 5) is 4.12. The summed E-state index contributed by atoms with van der Waals surface area (Å²) >= 11 is 0. The van der Waals surface area contributed by atoms with E-state index in [1.165, 1.54) is 6.07 Å². The highest BCUT2D eigenvalue weighted by Gasteiger charge is 2.13. The molecule has 0 atom stereocenters. The number of halogens is 3. The minimum absolute atomic E-state index is 0. The summed E-state index contributed by atoms with van der Waals surface area (Å²) in [6.45, 7) is 1.22. The summed E-state index contributed by atoms with van der Waals surface area (Å²) in [5.74, 6) is 1.19. The Morgan fingerprint density at radius 1 is 1.08 bits per heavy atom. The summed E-state index contributed by atoms with van der Waals surface area (Å²) < 4.78 is 37.4. The van der Waals surface area contributed by atoms with E-state index in [1.807, 2.05) is 18.2 Å². The van der Waals surface area contributed by atoms with E-state index in [0.717, 1.165) is 29.2 Å². The van der Waals surface area contributed by atoms with Crippen molar-refractivity contribution in [3.8, 4) is 11.5 Å². The zero-order chi connectivity index (χ0) is 17.6. The number of benzene rings is 2. The van der Waals surface area contributed by atoms with E-state index in [9.17, 15) is 8.78 Å². The monoisotopic (exact) mass is 475 g/mol. The molecule has 0 aliphatic carbocycles. The molecule has 0 radical (unpaired) electrons. The van der Waals surface area contributed by atoms with Gasteiger partial charge in [-0.25, -0.2) is 8.78 Å². The van der Waals surface area contributed by atoms with Gasteiger partial charge in [0.2, 0.25) is 6.79 Å². The molecule has 8 heteroatoms. The van der Waals surface area contributed by atoms with Gasteiger partial charge in [0.25, 0.3) is 0 Å². The third-order valence-electron chi connectivity index (χ3n) is 3.82. The van der Waals surface area contributed by atoms with E-state index in [2.05, 4.69) is 15.6 Å². The molecule has 1 aliphatic heterocycles. The van der Waals surface area contributed by atoms with Crippen molar-refractivity contribution in [2.24, 2.45) is 4.99 Å². The molecule has 0 unspecified atom stereocenters. The Morgan fingerprint density at radius 2 is 1.88 bits per heavy atom. The number of nitrogens with zero attached hydrogens (tertiary/aromatic N) is 1. The predicted octanol–water partition coefficient (Wildman–Crippen LogP) is 3.22. The first-order chi connectivity index (χ1) is 12.2. The van der Waals surface area contributed by atoms with E-state index in [1.54, 1.807) is 7.05 Å². The topological polar surface area (TPSA) is 54.9 Å². The summed E-state index contributed by atoms with van der Waals surface area (Å²) in [7, 11) is 1.65. The van der Waals surface area contributed by atoms with Crippen LogP contribution < -0.4 is 20.1 Å². The standard InChI is InChI=1S/C18H19F2N3O2.HI/c1-21-18(22-7-6-13-9-14(19)3-4-15(13)20)23-10-12-2-5-16-17(8-12)25-11-24-16;/h2-5,8-9H,6-7,10-11H2,1H3,(H2,21,22,23);1H. The van der Waals surface area contributed by atoms with Crippen LogP contribution in [0.3, 0.4) is 0 Å². The lowest BCUT2D eigenvalue weighted by atomic mass is 10.1. The first-order valence-electron chi connectivity index (χ1n) is 7.92. The van der Waals surface area contributed by atoms with Crippen LogP contribution >= 0.6 is 24.0 Å². The fourth-order valence-corrected chi connectivity index (χ4v) is 2.51. The second-order valence-electron chi connectivity index (χ2n) is 5.53. The normalized spacial score (nSPS) is 12.5. The predicted molar refractivity (Wildman–Crippen MR) is 106 cm³/mol. The molecule has 2 aromatic rings. The van der Waals surface area contributed by atoms with Crippen molar-refractivity contribution in [3.05, 3.63) is 59.2 Å². The molecule has 0 saturated carbocycles. The van der Waals surface area contributed by atoms with E-state index in [-0.39, 0.29) is 30.8 Å². The van der Waals surface area contributed by atoms with Gasteiger partial charge < -0.3 is 20.1 Å². The Hall–Kier alpha value is -2.10. The molecule has 3 rings (SSSR count). The number of nitrogens with one attached hydrogen (secondary N) is 2. The molecule has 5 nitrogen and oxygen atoms in total. The lowest BCUT2D eigenvalue weighted by molar-refractivity contribution is 0.174. The Kier molecular flexibility index (Phi) is 7.43. The maximum Gasteiger partial charge on any atom is 0.231 e. The van der Waals surface area contributed by atoms with Crippen LogP contribution in [0.2, 0.25) is 0 Å². The quantitative estimate of drug-likeness (QED) is 0.397. The Labute approximate surface area is 167 Å². The average molecular weight is 475 g/mol. The number of hydrogen-bond donors (Lipinski definition) is 2. The number of guanidine groups is 1. The number of aliphatic imine (C=N–C) groups is 1. The molecule has 2 N–H and O–H groups in total. The highest BCUT2D eigenvalue weighted by Crippen LogP contribution is 2.32. The molecular weight excluding hydrogens is 455 g/mol. The zero-order valence-corrected chi connectivity index (χ0v) is 16.6. The molecule has 0 saturated heterocycles. The molecule has 26 heavy (non-hydrogen) atoms. The summed E-state index contributed by atoms with van der Waals surface area (Å²) in [6.07, 6.45) is 0.355. The van der Waals surface area contributed by atoms with Crippen LogP contribution in [0, 0.1) is 11.6 Å². The van der Waals surface area contributed by atoms with E-state index >= 15 is 0 Å². The number of fused-ring (bicyclic) bond motifs is 1. The maximum absolute atomic E-state index is 13.6. The fraction of sp³-hybridized carbons (Fsp3) is 0.278. The van der Waals surface area contributed by atoms with Gasteiger partial charge in [-0.2, -0.15) is 0 Å². The molecule has 0 fully saturated rings. The van der Waals surface area contributed by atoms with Gasteiger partial charge in [-0.3, -0.25) is 4.99 Å². The van der Waals surface area contributed by atoms with Gasteiger partial charge in [0.1, 0.15) is 11.6 Å². The van der Waals surface area contributed by atoms with Gasteiger partial charge in [0.15, 0.2) is 17.5 Å². The molecule has 0 bridgehead atoms. The molecule has 2 aromatic carbocycles. The van der Waals surface area contributed by atoms with Gasteiger partial charge in [0.05, 0.1) is 0 Å². The molecule has 0 aromatic heterocycles. The van der Waals surface area contributed by atoms with Crippen molar-refractivity contribution in [2.75, 3.05) is 20.4 Å². The van der Waals surface area contributed by atoms with Crippen LogP contribution in [0.1, 0.15) is 11.1 Å². The Bertz CT molecular complexity index is 787. The van der Waals surface area contributed by atoms with Gasteiger partial charge in [0, 0.05) is 20.1 Å². The summed E-state index contributed by atoms with van der Waals surface area (Å²) in [6, 6.07) is 9.16. The van der Waals surface area contributed by atoms with Crippen molar-refractivity contribution in [2.45, 2.75) is 13.0 Å². The summed E-state index contributed by atoms with van der Waals surface area (Å²) in [5.41, 5.74) is 1.35. The lowest BCUT2D eigenvalue weighted by Gasteiger charge is -2.12.